The molecular formula is C18H13FN2O. The van der Waals surface area contributed by atoms with Gasteiger partial charge in [-0.25, -0.2) is 4.39 Å². The smallest absolute Gasteiger partial charge is 0.150 e. The predicted molar refractivity (Wildman–Crippen MR) is 84.7 cm³/mol. The van der Waals surface area contributed by atoms with Gasteiger partial charge in [-0.3, -0.25) is 9.78 Å². The molecule has 1 aromatic heterocycles. The molecule has 2 aromatic carbocycles. The molecule has 0 aliphatic carbocycles. The van der Waals surface area contributed by atoms with Gasteiger partial charge in [0.2, 0.25) is 0 Å². The summed E-state index contributed by atoms with van der Waals surface area (Å²) in [5.41, 5.74) is 4.15. The molecule has 0 radical (unpaired) electrons. The standard InChI is InChI=1S/C18H13FN2O/c19-15-5-7-16(8-6-15)21-18-11-20-10-9-17(18)14-3-1-13(12-22)2-4-14/h1-12,21H. The maximum Gasteiger partial charge on any atom is 0.150 e. The molecule has 108 valence electrons. The third-order valence-corrected chi connectivity index (χ3v) is 3.30. The third kappa shape index (κ3) is 3.01. The van der Waals surface area contributed by atoms with Crippen molar-refractivity contribution in [2.24, 2.45) is 0 Å². The largest absolute Gasteiger partial charge is 0.354 e. The molecule has 3 rings (SSSR count). The van der Waals surface area contributed by atoms with E-state index in [0.717, 1.165) is 28.8 Å². The number of nitrogens with one attached hydrogen (secondary N) is 1. The molecule has 0 spiro atoms. The lowest BCUT2D eigenvalue weighted by Gasteiger charge is -2.12. The topological polar surface area (TPSA) is 42.0 Å². The number of hydrogen-bond acceptors (Lipinski definition) is 3. The van der Waals surface area contributed by atoms with Gasteiger partial charge in [-0.15, -0.1) is 0 Å². The van der Waals surface area contributed by atoms with Gasteiger partial charge >= 0.3 is 0 Å². The number of aromatic nitrogens is 1. The number of nitrogens with zero attached hydrogens (tertiary/aromatic N) is 1. The van der Waals surface area contributed by atoms with Gasteiger partial charge in [-0.2, -0.15) is 0 Å². The number of pyridine rings is 1. The Morgan fingerprint density at radius 2 is 1.68 bits per heavy atom. The number of carbonyl (C=O) groups is 1. The Morgan fingerprint density at radius 1 is 0.955 bits per heavy atom. The van der Waals surface area contributed by atoms with Crippen LogP contribution in [-0.4, -0.2) is 11.3 Å². The maximum atomic E-state index is 13.0. The van der Waals surface area contributed by atoms with Gasteiger partial charge in [-0.05, 0) is 35.9 Å². The molecule has 0 amide bonds. The Bertz CT molecular complexity index is 783. The minimum absolute atomic E-state index is 0.276. The SMILES string of the molecule is O=Cc1ccc(-c2ccncc2Nc2ccc(F)cc2)cc1. The van der Waals surface area contributed by atoms with Gasteiger partial charge in [0.15, 0.2) is 0 Å². The van der Waals surface area contributed by atoms with E-state index < -0.39 is 0 Å². The number of anilines is 2. The van der Waals surface area contributed by atoms with Gasteiger partial charge in [0, 0.05) is 23.0 Å². The Balaban J connectivity index is 1.95. The minimum Gasteiger partial charge on any atom is -0.354 e. The number of benzene rings is 2. The fraction of sp³-hybridized carbons (Fsp3) is 0. The molecule has 1 N–H and O–H groups in total. The van der Waals surface area contributed by atoms with Crippen LogP contribution in [0.1, 0.15) is 10.4 Å². The lowest BCUT2D eigenvalue weighted by Crippen LogP contribution is -1.94. The van der Waals surface area contributed by atoms with E-state index in [1.165, 1.54) is 12.1 Å². The van der Waals surface area contributed by atoms with Crippen molar-refractivity contribution in [3.8, 4) is 11.1 Å². The summed E-state index contributed by atoms with van der Waals surface area (Å²) in [6.45, 7) is 0. The highest BCUT2D eigenvalue weighted by Gasteiger charge is 2.06. The van der Waals surface area contributed by atoms with Gasteiger partial charge in [0.1, 0.15) is 12.1 Å². The quantitative estimate of drug-likeness (QED) is 0.723. The van der Waals surface area contributed by atoms with E-state index in [9.17, 15) is 9.18 Å². The molecule has 3 nitrogen and oxygen atoms in total. The van der Waals surface area contributed by atoms with Crippen LogP contribution in [0, 0.1) is 5.82 Å². The molecule has 0 saturated heterocycles. The highest BCUT2D eigenvalue weighted by molar-refractivity contribution is 5.82. The van der Waals surface area contributed by atoms with E-state index in [2.05, 4.69) is 10.3 Å². The summed E-state index contributed by atoms with van der Waals surface area (Å²) < 4.78 is 13.0. The zero-order valence-corrected chi connectivity index (χ0v) is 11.7. The van der Waals surface area contributed by atoms with E-state index in [1.54, 1.807) is 36.7 Å². The average molecular weight is 292 g/mol. The van der Waals surface area contributed by atoms with E-state index >= 15 is 0 Å². The third-order valence-electron chi connectivity index (χ3n) is 3.30. The van der Waals surface area contributed by atoms with Crippen molar-refractivity contribution >= 4 is 17.7 Å². The van der Waals surface area contributed by atoms with Crippen LogP contribution in [-0.2, 0) is 0 Å². The molecule has 0 aliphatic heterocycles. The Morgan fingerprint density at radius 3 is 2.36 bits per heavy atom. The van der Waals surface area contributed by atoms with Gasteiger partial charge in [0.05, 0.1) is 11.9 Å². The van der Waals surface area contributed by atoms with Crippen LogP contribution in [0.2, 0.25) is 0 Å². The van der Waals surface area contributed by atoms with Crippen LogP contribution in [0.15, 0.2) is 67.0 Å². The number of carbonyl (C=O) groups excluding carboxylic acids is 1. The first-order valence-corrected chi connectivity index (χ1v) is 6.78. The normalized spacial score (nSPS) is 10.2. The zero-order chi connectivity index (χ0) is 15.4. The van der Waals surface area contributed by atoms with Crippen LogP contribution >= 0.6 is 0 Å². The van der Waals surface area contributed by atoms with Crippen LogP contribution in [0.5, 0.6) is 0 Å². The maximum absolute atomic E-state index is 13.0. The molecule has 0 fully saturated rings. The molecule has 0 atom stereocenters. The lowest BCUT2D eigenvalue weighted by atomic mass is 10.0. The van der Waals surface area contributed by atoms with E-state index in [4.69, 9.17) is 0 Å². The van der Waals surface area contributed by atoms with Crippen LogP contribution < -0.4 is 5.32 Å². The monoisotopic (exact) mass is 292 g/mol. The van der Waals surface area contributed by atoms with Crippen molar-refractivity contribution in [3.05, 3.63) is 78.4 Å². The second-order valence-electron chi connectivity index (χ2n) is 4.79. The summed E-state index contributed by atoms with van der Waals surface area (Å²) in [6, 6.07) is 15.3. The highest BCUT2D eigenvalue weighted by Crippen LogP contribution is 2.29. The van der Waals surface area contributed by atoms with E-state index in [1.807, 2.05) is 18.2 Å². The lowest BCUT2D eigenvalue weighted by molar-refractivity contribution is 0.112. The van der Waals surface area contributed by atoms with Crippen molar-refractivity contribution in [1.82, 2.24) is 4.98 Å². The van der Waals surface area contributed by atoms with Crippen LogP contribution in [0.4, 0.5) is 15.8 Å². The van der Waals surface area contributed by atoms with Crippen molar-refractivity contribution in [2.75, 3.05) is 5.32 Å². The number of hydrogen-bond donors (Lipinski definition) is 1. The number of halogens is 1. The molecule has 22 heavy (non-hydrogen) atoms. The van der Waals surface area contributed by atoms with Crippen molar-refractivity contribution in [1.29, 1.82) is 0 Å². The van der Waals surface area contributed by atoms with E-state index in [0.29, 0.717) is 5.56 Å². The summed E-state index contributed by atoms with van der Waals surface area (Å²) in [4.78, 5) is 14.9. The summed E-state index contributed by atoms with van der Waals surface area (Å²) in [6.07, 6.45) is 4.24. The summed E-state index contributed by atoms with van der Waals surface area (Å²) in [5, 5.41) is 3.23. The first-order chi connectivity index (χ1) is 10.8. The fourth-order valence-electron chi connectivity index (χ4n) is 2.18. The molecule has 0 aliphatic rings. The molecule has 4 heteroatoms. The van der Waals surface area contributed by atoms with Crippen LogP contribution in [0.25, 0.3) is 11.1 Å². The van der Waals surface area contributed by atoms with E-state index in [-0.39, 0.29) is 5.82 Å². The summed E-state index contributed by atoms with van der Waals surface area (Å²) in [5.74, 6) is -0.276. The second-order valence-corrected chi connectivity index (χ2v) is 4.79. The molecule has 1 heterocycles. The fourth-order valence-corrected chi connectivity index (χ4v) is 2.18. The number of aldehydes is 1. The molecule has 0 bridgehead atoms. The van der Waals surface area contributed by atoms with Crippen molar-refractivity contribution in [3.63, 3.8) is 0 Å². The second kappa shape index (κ2) is 6.18. The molecule has 3 aromatic rings. The first kappa shape index (κ1) is 13.9. The predicted octanol–water partition coefficient (Wildman–Crippen LogP) is 4.44. The Kier molecular flexibility index (Phi) is 3.92. The molecular weight excluding hydrogens is 279 g/mol. The minimum atomic E-state index is -0.276. The molecule has 0 saturated carbocycles. The van der Waals surface area contributed by atoms with Crippen molar-refractivity contribution in [2.45, 2.75) is 0 Å². The zero-order valence-electron chi connectivity index (χ0n) is 11.7. The van der Waals surface area contributed by atoms with Crippen molar-refractivity contribution < 1.29 is 9.18 Å². The number of rotatable bonds is 4. The summed E-state index contributed by atoms with van der Waals surface area (Å²) >= 11 is 0. The average Bonchev–Trinajstić information content (AvgIpc) is 2.58. The summed E-state index contributed by atoms with van der Waals surface area (Å²) in [7, 11) is 0. The van der Waals surface area contributed by atoms with Gasteiger partial charge in [0.25, 0.3) is 0 Å². The first-order valence-electron chi connectivity index (χ1n) is 6.78. The Hall–Kier alpha value is -3.01. The Labute approximate surface area is 127 Å². The van der Waals surface area contributed by atoms with Gasteiger partial charge in [-0.1, -0.05) is 24.3 Å². The highest BCUT2D eigenvalue weighted by atomic mass is 19.1. The van der Waals surface area contributed by atoms with Gasteiger partial charge < -0.3 is 5.32 Å². The van der Waals surface area contributed by atoms with Crippen LogP contribution in [0.3, 0.4) is 0 Å². The molecule has 0 unspecified atom stereocenters.